The third kappa shape index (κ3) is 4.31. The molecular formula is C21H24N4O6S. The highest BCUT2D eigenvalue weighted by atomic mass is 32.1. The van der Waals surface area contributed by atoms with Crippen LogP contribution in [0.4, 0.5) is 9.80 Å². The third-order valence-corrected chi connectivity index (χ3v) is 6.82. The fourth-order valence-electron chi connectivity index (χ4n) is 4.31. The normalized spacial score (nSPS) is 18.5. The first-order chi connectivity index (χ1) is 15.3. The number of ether oxygens (including phenoxy) is 1. The Labute approximate surface area is 188 Å². The molecule has 2 aromatic rings. The van der Waals surface area contributed by atoms with Crippen molar-refractivity contribution in [3.63, 3.8) is 0 Å². The summed E-state index contributed by atoms with van der Waals surface area (Å²) in [6.45, 7) is 3.26. The first kappa shape index (κ1) is 22.2. The quantitative estimate of drug-likeness (QED) is 0.479. The fourth-order valence-corrected chi connectivity index (χ4v) is 4.81. The first-order valence-corrected chi connectivity index (χ1v) is 11.0. The molecule has 1 atom stereocenters. The Bertz CT molecular complexity index is 1030. The van der Waals surface area contributed by atoms with Gasteiger partial charge in [-0.15, -0.1) is 0 Å². The molecule has 3 heterocycles. The summed E-state index contributed by atoms with van der Waals surface area (Å²) in [6, 6.07) is 5.08. The topological polar surface area (TPSA) is 141 Å². The van der Waals surface area contributed by atoms with Crippen LogP contribution in [0.2, 0.25) is 0 Å². The molecule has 1 aromatic carbocycles. The lowest BCUT2D eigenvalue weighted by atomic mass is 9.86. The number of nitrogens with one attached hydrogen (secondary N) is 2. The number of amides is 2. The molecular weight excluding hydrogens is 436 g/mol. The number of piperidine rings is 1. The van der Waals surface area contributed by atoms with Gasteiger partial charge < -0.3 is 30.5 Å². The van der Waals surface area contributed by atoms with E-state index in [2.05, 4.69) is 15.0 Å². The highest BCUT2D eigenvalue weighted by Gasteiger charge is 2.43. The van der Waals surface area contributed by atoms with Gasteiger partial charge in [-0.05, 0) is 54.6 Å². The molecule has 0 saturated carbocycles. The van der Waals surface area contributed by atoms with Crippen molar-refractivity contribution >= 4 is 34.5 Å². The average molecular weight is 461 g/mol. The largest absolute Gasteiger partial charge is 0.465 e. The summed E-state index contributed by atoms with van der Waals surface area (Å²) in [5.41, 5.74) is 1.65. The molecule has 11 heteroatoms. The molecule has 1 fully saturated rings. The number of nitrogens with zero attached hydrogens (tertiary/aromatic N) is 2. The van der Waals surface area contributed by atoms with Gasteiger partial charge in [0.15, 0.2) is 0 Å². The smallest absolute Gasteiger partial charge is 0.405 e. The molecule has 4 N–H and O–H groups in total. The van der Waals surface area contributed by atoms with E-state index in [4.69, 9.17) is 4.74 Å². The van der Waals surface area contributed by atoms with Gasteiger partial charge in [0.05, 0.1) is 11.7 Å². The van der Waals surface area contributed by atoms with Crippen molar-refractivity contribution in [2.24, 2.45) is 0 Å². The summed E-state index contributed by atoms with van der Waals surface area (Å²) in [6.07, 6.45) is 0.0416. The number of aliphatic hydroxyl groups is 1. The monoisotopic (exact) mass is 460 g/mol. The van der Waals surface area contributed by atoms with Gasteiger partial charge in [-0.2, -0.15) is 4.37 Å². The predicted molar refractivity (Wildman–Crippen MR) is 116 cm³/mol. The number of anilines is 1. The number of cyclic esters (lactones) is 1. The lowest BCUT2D eigenvalue weighted by Gasteiger charge is -2.40. The Balaban J connectivity index is 1.42. The van der Waals surface area contributed by atoms with Crippen LogP contribution >= 0.6 is 11.5 Å². The molecule has 0 spiro atoms. The fraction of sp³-hybridized carbons (Fsp3) is 0.429. The zero-order valence-electron chi connectivity index (χ0n) is 17.5. The minimum Gasteiger partial charge on any atom is -0.465 e. The van der Waals surface area contributed by atoms with E-state index in [0.717, 1.165) is 28.2 Å². The molecule has 0 radical (unpaired) electrons. The molecule has 2 amide bonds. The van der Waals surface area contributed by atoms with Gasteiger partial charge in [0.1, 0.15) is 17.1 Å². The number of fused-ring (bicyclic) bond motifs is 1. The number of hydrogen-bond donors (Lipinski definition) is 4. The molecule has 1 saturated heterocycles. The molecule has 2 aliphatic heterocycles. The van der Waals surface area contributed by atoms with Crippen LogP contribution in [0.1, 0.15) is 46.0 Å². The molecule has 1 aromatic heterocycles. The second-order valence-corrected chi connectivity index (χ2v) is 8.87. The van der Waals surface area contributed by atoms with Crippen molar-refractivity contribution in [1.29, 1.82) is 0 Å². The van der Waals surface area contributed by atoms with Crippen molar-refractivity contribution in [2.45, 2.75) is 38.0 Å². The van der Waals surface area contributed by atoms with Crippen LogP contribution in [0.15, 0.2) is 24.4 Å². The van der Waals surface area contributed by atoms with Gasteiger partial charge >= 0.3 is 12.1 Å². The lowest BCUT2D eigenvalue weighted by Crippen LogP contribution is -2.61. The number of hydrogen-bond acceptors (Lipinski definition) is 8. The highest BCUT2D eigenvalue weighted by molar-refractivity contribution is 7.10. The molecule has 10 nitrogen and oxygen atoms in total. The molecule has 0 unspecified atom stereocenters. The number of carbonyl (C=O) groups excluding carboxylic acids is 2. The summed E-state index contributed by atoms with van der Waals surface area (Å²) >= 11 is 1.12. The van der Waals surface area contributed by atoms with Crippen LogP contribution < -0.4 is 10.6 Å². The minimum atomic E-state index is -1.26. The second-order valence-electron chi connectivity index (χ2n) is 8.04. The Hall–Kier alpha value is -3.02. The van der Waals surface area contributed by atoms with Crippen LogP contribution in [-0.2, 0) is 16.1 Å². The van der Waals surface area contributed by atoms with Gasteiger partial charge in [-0.1, -0.05) is 6.07 Å². The van der Waals surface area contributed by atoms with E-state index in [1.54, 1.807) is 24.4 Å². The maximum Gasteiger partial charge on any atom is 0.405 e. The molecule has 0 aliphatic carbocycles. The number of esters is 1. The number of carbonyl (C=O) groups is 3. The third-order valence-electron chi connectivity index (χ3n) is 6.16. The van der Waals surface area contributed by atoms with E-state index in [-0.39, 0.29) is 25.4 Å². The van der Waals surface area contributed by atoms with Crippen molar-refractivity contribution in [1.82, 2.24) is 14.6 Å². The predicted octanol–water partition coefficient (Wildman–Crippen LogP) is 1.90. The number of carboxylic acid groups (broad SMARTS) is 1. The SMILES string of the molecule is Cc1c([C@@H](O)CN2CCC(NC(=O)O)(C(=O)Nc3ccns3)CC2)ccc2c1COC2=O. The van der Waals surface area contributed by atoms with Crippen molar-refractivity contribution < 1.29 is 29.3 Å². The maximum absolute atomic E-state index is 12.9. The van der Waals surface area contributed by atoms with Gasteiger partial charge in [0.2, 0.25) is 0 Å². The van der Waals surface area contributed by atoms with Crippen LogP contribution in [-0.4, -0.2) is 62.6 Å². The molecule has 0 bridgehead atoms. The van der Waals surface area contributed by atoms with Crippen molar-refractivity contribution in [3.8, 4) is 0 Å². The van der Waals surface area contributed by atoms with E-state index >= 15 is 0 Å². The van der Waals surface area contributed by atoms with E-state index in [1.807, 2.05) is 11.8 Å². The van der Waals surface area contributed by atoms with Crippen molar-refractivity contribution in [2.75, 3.05) is 25.0 Å². The van der Waals surface area contributed by atoms with E-state index in [0.29, 0.717) is 30.2 Å². The minimum absolute atomic E-state index is 0.211. The van der Waals surface area contributed by atoms with Crippen LogP contribution in [0.3, 0.4) is 0 Å². The van der Waals surface area contributed by atoms with Crippen molar-refractivity contribution in [3.05, 3.63) is 46.6 Å². The van der Waals surface area contributed by atoms with E-state index in [9.17, 15) is 24.6 Å². The Morgan fingerprint density at radius 3 is 2.72 bits per heavy atom. The number of rotatable bonds is 6. The number of likely N-dealkylation sites (tertiary alicyclic amines) is 1. The Kier molecular flexibility index (Phi) is 6.13. The van der Waals surface area contributed by atoms with Crippen LogP contribution in [0.5, 0.6) is 0 Å². The number of benzene rings is 1. The van der Waals surface area contributed by atoms with Crippen LogP contribution in [0.25, 0.3) is 0 Å². The van der Waals surface area contributed by atoms with E-state index in [1.165, 1.54) is 0 Å². The van der Waals surface area contributed by atoms with Crippen LogP contribution in [0, 0.1) is 6.92 Å². The van der Waals surface area contributed by atoms with Gasteiger partial charge in [0, 0.05) is 31.4 Å². The summed E-state index contributed by atoms with van der Waals surface area (Å²) in [7, 11) is 0. The molecule has 170 valence electrons. The number of aromatic nitrogens is 1. The molecule has 2 aliphatic rings. The molecule has 4 rings (SSSR count). The number of β-amino-alcohol motifs (C(OH)–C–C–N with tert-alkyl or cyclic N) is 1. The maximum atomic E-state index is 12.9. The average Bonchev–Trinajstić information content (AvgIpc) is 3.39. The van der Waals surface area contributed by atoms with Gasteiger partial charge in [-0.25, -0.2) is 9.59 Å². The molecule has 32 heavy (non-hydrogen) atoms. The van der Waals surface area contributed by atoms with Gasteiger partial charge in [-0.3, -0.25) is 4.79 Å². The lowest BCUT2D eigenvalue weighted by molar-refractivity contribution is -0.124. The zero-order chi connectivity index (χ0) is 22.9. The van der Waals surface area contributed by atoms with E-state index < -0.39 is 23.6 Å². The highest BCUT2D eigenvalue weighted by Crippen LogP contribution is 2.31. The first-order valence-electron chi connectivity index (χ1n) is 10.2. The summed E-state index contributed by atoms with van der Waals surface area (Å²) in [4.78, 5) is 38.0. The Morgan fingerprint density at radius 2 is 2.06 bits per heavy atom. The zero-order valence-corrected chi connectivity index (χ0v) is 18.3. The summed E-state index contributed by atoms with van der Waals surface area (Å²) in [5.74, 6) is -0.762. The summed E-state index contributed by atoms with van der Waals surface area (Å²) < 4.78 is 9.01. The second kappa shape index (κ2) is 8.85. The standard InChI is InChI=1S/C21H24N4O6S/c1-12-13(2-3-14-15(12)11-31-18(14)27)16(26)10-25-8-5-21(6-9-25,24-20(29)30)19(28)23-17-4-7-22-32-17/h2-4,7,16,24,26H,5-6,8-11H2,1H3,(H,23,28)(H,29,30)/t16-/m0/s1. The summed E-state index contributed by atoms with van der Waals surface area (Å²) in [5, 5.41) is 25.8. The Morgan fingerprint density at radius 1 is 1.31 bits per heavy atom. The number of aliphatic hydroxyl groups excluding tert-OH is 1. The van der Waals surface area contributed by atoms with Gasteiger partial charge in [0.25, 0.3) is 5.91 Å².